The molecule has 1 aromatic carbocycles. The van der Waals surface area contributed by atoms with Crippen molar-refractivity contribution < 1.29 is 0 Å². The lowest BCUT2D eigenvalue weighted by atomic mass is 9.94. The van der Waals surface area contributed by atoms with Crippen molar-refractivity contribution in [3.05, 3.63) is 30.1 Å². The van der Waals surface area contributed by atoms with Crippen LogP contribution in [0.2, 0.25) is 0 Å². The molecular weight excluding hydrogens is 268 g/mol. The molecule has 2 atom stereocenters. The van der Waals surface area contributed by atoms with Gasteiger partial charge in [-0.3, -0.25) is 11.3 Å². The number of hydrazine groups is 1. The fourth-order valence-corrected chi connectivity index (χ4v) is 4.48. The van der Waals surface area contributed by atoms with Gasteiger partial charge in [-0.15, -0.1) is 0 Å². The molecule has 1 fully saturated rings. The molecule has 20 heavy (non-hydrogen) atoms. The van der Waals surface area contributed by atoms with Crippen molar-refractivity contribution >= 4 is 22.8 Å². The number of fused-ring (bicyclic) bond motifs is 1. The van der Waals surface area contributed by atoms with Crippen molar-refractivity contribution in [3.63, 3.8) is 0 Å². The zero-order valence-electron chi connectivity index (χ0n) is 12.1. The molecule has 2 unspecified atom stereocenters. The van der Waals surface area contributed by atoms with Crippen LogP contribution in [-0.2, 0) is 13.5 Å². The first kappa shape index (κ1) is 13.9. The number of nitrogens with one attached hydrogen (secondary N) is 1. The maximum atomic E-state index is 5.83. The molecule has 2 heterocycles. The minimum atomic E-state index is 0.215. The highest BCUT2D eigenvalue weighted by Crippen LogP contribution is 2.41. The Bertz CT molecular complexity index is 601. The average Bonchev–Trinajstić information content (AvgIpc) is 3.02. The number of hydrogen-bond acceptors (Lipinski definition) is 4. The van der Waals surface area contributed by atoms with Gasteiger partial charge in [-0.25, -0.2) is 4.98 Å². The van der Waals surface area contributed by atoms with Crippen molar-refractivity contribution in [2.45, 2.75) is 37.0 Å². The Balaban J connectivity index is 1.89. The number of nitrogens with two attached hydrogens (primary N) is 1. The van der Waals surface area contributed by atoms with Crippen molar-refractivity contribution in [2.75, 3.05) is 5.75 Å². The van der Waals surface area contributed by atoms with Crippen LogP contribution < -0.4 is 11.3 Å². The Morgan fingerprint density at radius 2 is 2.30 bits per heavy atom. The zero-order valence-corrected chi connectivity index (χ0v) is 12.9. The van der Waals surface area contributed by atoms with Crippen molar-refractivity contribution in [1.29, 1.82) is 0 Å². The fourth-order valence-electron chi connectivity index (χ4n) is 3.09. The normalized spacial score (nSPS) is 24.4. The summed E-state index contributed by atoms with van der Waals surface area (Å²) in [4.78, 5) is 4.76. The molecule has 1 saturated heterocycles. The van der Waals surface area contributed by atoms with Gasteiger partial charge in [0.25, 0.3) is 0 Å². The molecule has 3 N–H and O–H groups in total. The molecule has 1 aliphatic heterocycles. The largest absolute Gasteiger partial charge is 0.331 e. The van der Waals surface area contributed by atoms with E-state index in [0.29, 0.717) is 0 Å². The Morgan fingerprint density at radius 1 is 1.50 bits per heavy atom. The number of imidazole rings is 1. The Labute approximate surface area is 124 Å². The van der Waals surface area contributed by atoms with Gasteiger partial charge in [-0.05, 0) is 37.7 Å². The summed E-state index contributed by atoms with van der Waals surface area (Å²) >= 11 is 2.03. The quantitative estimate of drug-likeness (QED) is 0.670. The summed E-state index contributed by atoms with van der Waals surface area (Å²) in [7, 11) is 2.09. The highest BCUT2D eigenvalue weighted by molar-refractivity contribution is 8.00. The van der Waals surface area contributed by atoms with E-state index in [4.69, 9.17) is 10.8 Å². The van der Waals surface area contributed by atoms with E-state index in [2.05, 4.69) is 42.2 Å². The number of para-hydroxylation sites is 2. The predicted octanol–water partition coefficient (Wildman–Crippen LogP) is 2.23. The van der Waals surface area contributed by atoms with Crippen LogP contribution in [-0.4, -0.2) is 26.1 Å². The molecule has 0 radical (unpaired) electrons. The molecule has 5 heteroatoms. The molecule has 0 amide bonds. The van der Waals surface area contributed by atoms with Crippen LogP contribution >= 0.6 is 11.8 Å². The predicted molar refractivity (Wildman–Crippen MR) is 85.6 cm³/mol. The summed E-state index contributed by atoms with van der Waals surface area (Å²) in [6.07, 6.45) is 3.36. The molecule has 1 aromatic heterocycles. The molecule has 0 bridgehead atoms. The fraction of sp³-hybridized carbons (Fsp3) is 0.533. The minimum absolute atomic E-state index is 0.215. The second-order valence-electron chi connectivity index (χ2n) is 5.76. The maximum absolute atomic E-state index is 5.83. The number of benzene rings is 1. The minimum Gasteiger partial charge on any atom is -0.331 e. The number of aryl methyl sites for hydroxylation is 1. The lowest BCUT2D eigenvalue weighted by Crippen LogP contribution is -2.50. The summed E-state index contributed by atoms with van der Waals surface area (Å²) in [5.41, 5.74) is 5.27. The lowest BCUT2D eigenvalue weighted by molar-refractivity contribution is 0.397. The average molecular weight is 290 g/mol. The highest BCUT2D eigenvalue weighted by Gasteiger charge is 2.38. The van der Waals surface area contributed by atoms with Crippen LogP contribution in [0.5, 0.6) is 0 Å². The molecule has 4 nitrogen and oxygen atoms in total. The third kappa shape index (κ3) is 2.34. The third-order valence-electron chi connectivity index (χ3n) is 4.45. The second-order valence-corrected chi connectivity index (χ2v) is 7.39. The van der Waals surface area contributed by atoms with Crippen molar-refractivity contribution in [3.8, 4) is 0 Å². The van der Waals surface area contributed by atoms with Gasteiger partial charge in [0.1, 0.15) is 5.82 Å². The summed E-state index contributed by atoms with van der Waals surface area (Å²) in [5.74, 6) is 8.16. The maximum Gasteiger partial charge on any atom is 0.111 e. The molecular formula is C15H22N4S. The standard InChI is InChI=1S/C15H22N4S/c1-15(8-5-9-20-15)13(18-16)10-14-17-11-6-3-4-7-12(11)19(14)2/h3-4,6-7,13,18H,5,8-10,16H2,1-2H3. The van der Waals surface area contributed by atoms with Crippen LogP contribution in [0, 0.1) is 0 Å². The molecule has 1 aliphatic rings. The number of nitrogens with zero attached hydrogens (tertiary/aromatic N) is 2. The SMILES string of the molecule is Cn1c(CC(NN)C2(C)CCCS2)nc2ccccc21. The van der Waals surface area contributed by atoms with E-state index in [9.17, 15) is 0 Å². The van der Waals surface area contributed by atoms with Gasteiger partial charge in [-0.1, -0.05) is 12.1 Å². The summed E-state index contributed by atoms with van der Waals surface area (Å²) in [6, 6.07) is 8.52. The van der Waals surface area contributed by atoms with Crippen LogP contribution in [0.4, 0.5) is 0 Å². The molecule has 2 aromatic rings. The van der Waals surface area contributed by atoms with E-state index in [1.807, 2.05) is 17.8 Å². The van der Waals surface area contributed by atoms with E-state index in [0.717, 1.165) is 17.8 Å². The number of rotatable bonds is 4. The molecule has 108 valence electrons. The van der Waals surface area contributed by atoms with Gasteiger partial charge in [0, 0.05) is 24.3 Å². The molecule has 0 aliphatic carbocycles. The van der Waals surface area contributed by atoms with E-state index >= 15 is 0 Å². The third-order valence-corrected chi connectivity index (χ3v) is 6.09. The Kier molecular flexibility index (Phi) is 3.75. The topological polar surface area (TPSA) is 55.9 Å². The Hall–Kier alpha value is -1.04. The second kappa shape index (κ2) is 5.39. The van der Waals surface area contributed by atoms with Crippen LogP contribution in [0.3, 0.4) is 0 Å². The molecule has 0 saturated carbocycles. The van der Waals surface area contributed by atoms with Gasteiger partial charge in [0.2, 0.25) is 0 Å². The van der Waals surface area contributed by atoms with Crippen molar-refractivity contribution in [1.82, 2.24) is 15.0 Å². The van der Waals surface area contributed by atoms with Crippen molar-refractivity contribution in [2.24, 2.45) is 12.9 Å². The van der Waals surface area contributed by atoms with E-state index in [1.54, 1.807) is 0 Å². The lowest BCUT2D eigenvalue weighted by Gasteiger charge is -2.32. The van der Waals surface area contributed by atoms with E-state index in [-0.39, 0.29) is 10.8 Å². The monoisotopic (exact) mass is 290 g/mol. The number of thioether (sulfide) groups is 1. The van der Waals surface area contributed by atoms with E-state index in [1.165, 1.54) is 24.1 Å². The summed E-state index contributed by atoms with van der Waals surface area (Å²) in [6.45, 7) is 2.32. The van der Waals surface area contributed by atoms with E-state index < -0.39 is 0 Å². The summed E-state index contributed by atoms with van der Waals surface area (Å²) in [5, 5.41) is 0. The number of hydrogen-bond donors (Lipinski definition) is 2. The smallest absolute Gasteiger partial charge is 0.111 e. The first-order chi connectivity index (χ1) is 9.64. The first-order valence-corrected chi connectivity index (χ1v) is 8.13. The molecule has 3 rings (SSSR count). The van der Waals surface area contributed by atoms with Gasteiger partial charge >= 0.3 is 0 Å². The van der Waals surface area contributed by atoms with Gasteiger partial charge in [0.05, 0.1) is 11.0 Å². The molecule has 0 spiro atoms. The van der Waals surface area contributed by atoms with Gasteiger partial charge < -0.3 is 4.57 Å². The highest BCUT2D eigenvalue weighted by atomic mass is 32.2. The van der Waals surface area contributed by atoms with Gasteiger partial charge in [-0.2, -0.15) is 11.8 Å². The summed E-state index contributed by atoms with van der Waals surface area (Å²) < 4.78 is 2.40. The van der Waals surface area contributed by atoms with Crippen LogP contribution in [0.25, 0.3) is 11.0 Å². The number of aromatic nitrogens is 2. The zero-order chi connectivity index (χ0) is 14.2. The van der Waals surface area contributed by atoms with Crippen LogP contribution in [0.15, 0.2) is 24.3 Å². The van der Waals surface area contributed by atoms with Crippen LogP contribution in [0.1, 0.15) is 25.6 Å². The van der Waals surface area contributed by atoms with Gasteiger partial charge in [0.15, 0.2) is 0 Å². The Morgan fingerprint density at radius 3 is 2.95 bits per heavy atom. The first-order valence-electron chi connectivity index (χ1n) is 7.14.